The minimum absolute atomic E-state index is 0.0356. The molecular weight excluding hydrogens is 372 g/mol. The number of nitrogens with zero attached hydrogens (tertiary/aromatic N) is 3. The van der Waals surface area contributed by atoms with Gasteiger partial charge >= 0.3 is 6.01 Å². The van der Waals surface area contributed by atoms with Gasteiger partial charge in [0.15, 0.2) is 11.6 Å². The molecule has 4 nitrogen and oxygen atoms in total. The number of hydrogen-bond acceptors (Lipinski definition) is 4. The highest BCUT2D eigenvalue weighted by molar-refractivity contribution is 9.10. The molecule has 0 saturated heterocycles. The standard InChI is InChI=1S/C12H9BrCl2FN3O/c1-5(2)20-12-18-10(17-11(15)19-12)6-3-4-7(13)8(14)9(6)16/h3-5H,1-2H3. The van der Waals surface area contributed by atoms with E-state index in [1.807, 2.05) is 13.8 Å². The molecule has 0 aliphatic rings. The van der Waals surface area contributed by atoms with Crippen LogP contribution in [0.2, 0.25) is 10.3 Å². The molecule has 1 heterocycles. The molecule has 0 unspecified atom stereocenters. The van der Waals surface area contributed by atoms with Crippen molar-refractivity contribution in [2.45, 2.75) is 20.0 Å². The molecule has 1 aromatic carbocycles. The van der Waals surface area contributed by atoms with Gasteiger partial charge in [0.2, 0.25) is 5.28 Å². The quantitative estimate of drug-likeness (QED) is 0.733. The van der Waals surface area contributed by atoms with E-state index in [1.165, 1.54) is 6.07 Å². The summed E-state index contributed by atoms with van der Waals surface area (Å²) in [5.74, 6) is -0.577. The minimum atomic E-state index is -0.640. The molecule has 0 aliphatic carbocycles. The summed E-state index contributed by atoms with van der Waals surface area (Å²) in [7, 11) is 0. The van der Waals surface area contributed by atoms with Gasteiger partial charge in [-0.3, -0.25) is 0 Å². The van der Waals surface area contributed by atoms with Crippen molar-refractivity contribution < 1.29 is 9.13 Å². The van der Waals surface area contributed by atoms with Gasteiger partial charge < -0.3 is 4.74 Å². The van der Waals surface area contributed by atoms with Crippen LogP contribution in [0, 0.1) is 5.82 Å². The normalized spacial score (nSPS) is 10.9. The van der Waals surface area contributed by atoms with Crippen molar-refractivity contribution in [3.8, 4) is 17.4 Å². The largest absolute Gasteiger partial charge is 0.461 e. The summed E-state index contributed by atoms with van der Waals surface area (Å²) in [6, 6.07) is 3.13. The van der Waals surface area contributed by atoms with Crippen molar-refractivity contribution in [1.29, 1.82) is 0 Å². The molecule has 8 heteroatoms. The summed E-state index contributed by atoms with van der Waals surface area (Å²) in [6.45, 7) is 3.63. The first kappa shape index (κ1) is 15.4. The lowest BCUT2D eigenvalue weighted by atomic mass is 10.2. The summed E-state index contributed by atoms with van der Waals surface area (Å²) in [4.78, 5) is 11.8. The van der Waals surface area contributed by atoms with Crippen LogP contribution >= 0.6 is 39.1 Å². The Kier molecular flexibility index (Phi) is 4.78. The van der Waals surface area contributed by atoms with E-state index < -0.39 is 5.82 Å². The number of halogens is 4. The van der Waals surface area contributed by atoms with Crippen LogP contribution in [0.5, 0.6) is 6.01 Å². The van der Waals surface area contributed by atoms with E-state index in [0.29, 0.717) is 4.47 Å². The fraction of sp³-hybridized carbons (Fsp3) is 0.250. The SMILES string of the molecule is CC(C)Oc1nc(Cl)nc(-c2ccc(Br)c(Cl)c2F)n1. The Morgan fingerprint density at radius 1 is 1.20 bits per heavy atom. The van der Waals surface area contributed by atoms with Crippen LogP contribution in [-0.4, -0.2) is 21.1 Å². The van der Waals surface area contributed by atoms with Crippen LogP contribution in [0.3, 0.4) is 0 Å². The molecule has 106 valence electrons. The number of rotatable bonds is 3. The summed E-state index contributed by atoms with van der Waals surface area (Å²) in [5, 5.41) is -0.130. The van der Waals surface area contributed by atoms with Crippen molar-refractivity contribution in [3.63, 3.8) is 0 Å². The fourth-order valence-corrected chi connectivity index (χ4v) is 2.04. The Morgan fingerprint density at radius 3 is 2.55 bits per heavy atom. The van der Waals surface area contributed by atoms with E-state index in [1.54, 1.807) is 6.07 Å². The zero-order chi connectivity index (χ0) is 14.9. The second-order valence-corrected chi connectivity index (χ2v) is 5.67. The topological polar surface area (TPSA) is 47.9 Å². The third kappa shape index (κ3) is 3.37. The third-order valence-corrected chi connectivity index (χ3v) is 3.63. The Morgan fingerprint density at radius 2 is 1.90 bits per heavy atom. The molecule has 0 N–H and O–H groups in total. The van der Waals surface area contributed by atoms with E-state index in [4.69, 9.17) is 27.9 Å². The van der Waals surface area contributed by atoms with Gasteiger partial charge in [0.1, 0.15) is 0 Å². The van der Waals surface area contributed by atoms with Gasteiger partial charge in [-0.25, -0.2) is 4.39 Å². The average molecular weight is 381 g/mol. The van der Waals surface area contributed by atoms with E-state index in [2.05, 4.69) is 30.9 Å². The Hall–Kier alpha value is -0.980. The van der Waals surface area contributed by atoms with Gasteiger partial charge in [0.25, 0.3) is 0 Å². The molecule has 0 bridgehead atoms. The Bertz CT molecular complexity index is 655. The smallest absolute Gasteiger partial charge is 0.321 e. The average Bonchev–Trinajstić information content (AvgIpc) is 2.34. The van der Waals surface area contributed by atoms with Gasteiger partial charge in [-0.15, -0.1) is 0 Å². The number of aromatic nitrogens is 3. The van der Waals surface area contributed by atoms with Crippen LogP contribution in [0.1, 0.15) is 13.8 Å². The first-order valence-electron chi connectivity index (χ1n) is 5.60. The predicted molar refractivity (Wildman–Crippen MR) is 78.7 cm³/mol. The van der Waals surface area contributed by atoms with Crippen molar-refractivity contribution in [3.05, 3.63) is 32.7 Å². The van der Waals surface area contributed by atoms with Crippen molar-refractivity contribution in [1.82, 2.24) is 15.0 Å². The molecular formula is C12H9BrCl2FN3O. The lowest BCUT2D eigenvalue weighted by Crippen LogP contribution is -2.10. The highest BCUT2D eigenvalue weighted by Gasteiger charge is 2.16. The number of ether oxygens (including phenoxy) is 1. The Labute approximate surface area is 133 Å². The van der Waals surface area contributed by atoms with E-state index in [-0.39, 0.29) is 33.8 Å². The van der Waals surface area contributed by atoms with E-state index in [0.717, 1.165) is 0 Å². The molecule has 1 aromatic heterocycles. The molecule has 0 spiro atoms. The molecule has 0 saturated carbocycles. The van der Waals surface area contributed by atoms with Crippen LogP contribution in [0.15, 0.2) is 16.6 Å². The van der Waals surface area contributed by atoms with Crippen molar-refractivity contribution in [2.24, 2.45) is 0 Å². The zero-order valence-corrected chi connectivity index (χ0v) is 13.6. The molecule has 0 fully saturated rings. The lowest BCUT2D eigenvalue weighted by molar-refractivity contribution is 0.222. The highest BCUT2D eigenvalue weighted by Crippen LogP contribution is 2.32. The van der Waals surface area contributed by atoms with Crippen LogP contribution < -0.4 is 4.74 Å². The summed E-state index contributed by atoms with van der Waals surface area (Å²) >= 11 is 14.8. The van der Waals surface area contributed by atoms with Crippen molar-refractivity contribution >= 4 is 39.1 Å². The molecule has 2 aromatic rings. The van der Waals surface area contributed by atoms with Crippen LogP contribution in [0.4, 0.5) is 4.39 Å². The van der Waals surface area contributed by atoms with Crippen LogP contribution in [0.25, 0.3) is 11.4 Å². The molecule has 0 radical (unpaired) electrons. The van der Waals surface area contributed by atoms with Gasteiger partial charge in [-0.1, -0.05) is 11.6 Å². The second-order valence-electron chi connectivity index (χ2n) is 4.10. The monoisotopic (exact) mass is 379 g/mol. The van der Waals surface area contributed by atoms with Gasteiger partial charge in [0, 0.05) is 4.47 Å². The maximum atomic E-state index is 14.1. The van der Waals surface area contributed by atoms with E-state index >= 15 is 0 Å². The first-order valence-corrected chi connectivity index (χ1v) is 7.15. The zero-order valence-electron chi connectivity index (χ0n) is 10.5. The maximum absolute atomic E-state index is 14.1. The summed E-state index contributed by atoms with van der Waals surface area (Å²) in [5.41, 5.74) is 0.121. The molecule has 0 aliphatic heterocycles. The molecule has 20 heavy (non-hydrogen) atoms. The molecule has 0 amide bonds. The fourth-order valence-electron chi connectivity index (χ4n) is 1.41. The minimum Gasteiger partial charge on any atom is -0.461 e. The second kappa shape index (κ2) is 6.20. The molecule has 2 rings (SSSR count). The lowest BCUT2D eigenvalue weighted by Gasteiger charge is -2.09. The van der Waals surface area contributed by atoms with Crippen molar-refractivity contribution in [2.75, 3.05) is 0 Å². The predicted octanol–water partition coefficient (Wildman–Crippen LogP) is 4.53. The van der Waals surface area contributed by atoms with Crippen LogP contribution in [-0.2, 0) is 0 Å². The van der Waals surface area contributed by atoms with E-state index in [9.17, 15) is 4.39 Å². The first-order chi connectivity index (χ1) is 9.38. The summed E-state index contributed by atoms with van der Waals surface area (Å²) in [6.07, 6.45) is -0.139. The molecule has 0 atom stereocenters. The van der Waals surface area contributed by atoms with Gasteiger partial charge in [0.05, 0.1) is 16.7 Å². The third-order valence-electron chi connectivity index (χ3n) is 2.20. The van der Waals surface area contributed by atoms with Gasteiger partial charge in [-0.2, -0.15) is 15.0 Å². The number of hydrogen-bond donors (Lipinski definition) is 0. The number of benzene rings is 1. The van der Waals surface area contributed by atoms with Gasteiger partial charge in [-0.05, 0) is 53.5 Å². The highest BCUT2D eigenvalue weighted by atomic mass is 79.9. The summed E-state index contributed by atoms with van der Waals surface area (Å²) < 4.78 is 19.9. The Balaban J connectivity index is 2.53. The maximum Gasteiger partial charge on any atom is 0.321 e.